The van der Waals surface area contributed by atoms with Gasteiger partial charge in [-0.2, -0.15) is 5.10 Å². The average molecular weight is 431 g/mol. The van der Waals surface area contributed by atoms with Crippen molar-refractivity contribution in [3.05, 3.63) is 63.7 Å². The van der Waals surface area contributed by atoms with Gasteiger partial charge in [-0.15, -0.1) is 0 Å². The van der Waals surface area contributed by atoms with Crippen LogP contribution in [0.3, 0.4) is 0 Å². The first-order valence-electron chi connectivity index (χ1n) is 9.23. The molecule has 0 aliphatic carbocycles. The van der Waals surface area contributed by atoms with Crippen LogP contribution in [0.4, 0.5) is 5.82 Å². The van der Waals surface area contributed by atoms with Gasteiger partial charge in [0, 0.05) is 41.4 Å². The van der Waals surface area contributed by atoms with Crippen LogP contribution in [-0.2, 0) is 11.3 Å². The first-order chi connectivity index (χ1) is 13.9. The number of nitrogens with one attached hydrogen (secondary N) is 1. The minimum atomic E-state index is -0.0897. The summed E-state index contributed by atoms with van der Waals surface area (Å²) in [6.45, 7) is 5.52. The molecule has 0 bridgehead atoms. The van der Waals surface area contributed by atoms with Gasteiger partial charge in [-0.25, -0.2) is 14.6 Å². The van der Waals surface area contributed by atoms with E-state index in [0.29, 0.717) is 35.5 Å². The van der Waals surface area contributed by atoms with Crippen LogP contribution < -0.4 is 10.2 Å². The first kappa shape index (κ1) is 19.7. The van der Waals surface area contributed by atoms with Crippen molar-refractivity contribution in [2.24, 2.45) is 5.92 Å². The molecule has 29 heavy (non-hydrogen) atoms. The van der Waals surface area contributed by atoms with Crippen LogP contribution >= 0.6 is 23.2 Å². The molecule has 9 heteroatoms. The molecule has 0 atom stereocenters. The molecule has 1 aromatic carbocycles. The van der Waals surface area contributed by atoms with Crippen molar-refractivity contribution in [3.63, 3.8) is 0 Å². The van der Waals surface area contributed by atoms with Crippen LogP contribution in [0, 0.1) is 19.8 Å². The van der Waals surface area contributed by atoms with E-state index < -0.39 is 0 Å². The van der Waals surface area contributed by atoms with Gasteiger partial charge in [-0.3, -0.25) is 4.79 Å². The van der Waals surface area contributed by atoms with Crippen LogP contribution in [0.25, 0.3) is 5.82 Å². The van der Waals surface area contributed by atoms with Crippen molar-refractivity contribution in [1.29, 1.82) is 0 Å². The third kappa shape index (κ3) is 4.21. The number of halogens is 2. The molecule has 1 N–H and O–H groups in total. The van der Waals surface area contributed by atoms with Crippen LogP contribution in [0.1, 0.15) is 17.0 Å². The molecule has 0 radical (unpaired) electrons. The predicted octanol–water partition coefficient (Wildman–Crippen LogP) is 3.34. The number of benzene rings is 1. The van der Waals surface area contributed by atoms with Gasteiger partial charge in [0.1, 0.15) is 12.1 Å². The first-order valence-corrected chi connectivity index (χ1v) is 9.98. The number of anilines is 1. The highest BCUT2D eigenvalue weighted by molar-refractivity contribution is 6.35. The number of carbonyl (C=O) groups is 1. The van der Waals surface area contributed by atoms with Crippen molar-refractivity contribution in [2.45, 2.75) is 20.4 Å². The lowest BCUT2D eigenvalue weighted by atomic mass is 9.99. The zero-order chi connectivity index (χ0) is 20.5. The van der Waals surface area contributed by atoms with Gasteiger partial charge >= 0.3 is 0 Å². The fourth-order valence-corrected chi connectivity index (χ4v) is 3.79. The molecular weight excluding hydrogens is 411 g/mol. The van der Waals surface area contributed by atoms with Gasteiger partial charge in [0.2, 0.25) is 5.91 Å². The molecule has 3 aromatic rings. The van der Waals surface area contributed by atoms with Crippen molar-refractivity contribution < 1.29 is 4.79 Å². The molecule has 2 aromatic heterocycles. The summed E-state index contributed by atoms with van der Waals surface area (Å²) in [7, 11) is 0. The van der Waals surface area contributed by atoms with Crippen LogP contribution in [-0.4, -0.2) is 38.7 Å². The summed E-state index contributed by atoms with van der Waals surface area (Å²) in [4.78, 5) is 23.1. The molecule has 1 aliphatic heterocycles. The molecular formula is C20H20Cl2N6O. The van der Waals surface area contributed by atoms with E-state index in [9.17, 15) is 4.79 Å². The van der Waals surface area contributed by atoms with Gasteiger partial charge in [-0.05, 0) is 37.6 Å². The Hall–Kier alpha value is -2.64. The third-order valence-electron chi connectivity index (χ3n) is 4.91. The summed E-state index contributed by atoms with van der Waals surface area (Å²) in [5, 5.41) is 8.52. The zero-order valence-corrected chi connectivity index (χ0v) is 17.6. The standard InChI is InChI=1S/C20H20Cl2N6O/c1-12-5-13(2)28(26-12)19-7-18(24-11-25-19)27-9-15(10-27)20(29)23-8-14-3-4-16(21)6-17(14)22/h3-7,11,15H,8-10H2,1-2H3,(H,23,29). The number of hydrogen-bond acceptors (Lipinski definition) is 5. The minimum absolute atomic E-state index is 0.0000849. The minimum Gasteiger partial charge on any atom is -0.355 e. The Morgan fingerprint density at radius 3 is 2.59 bits per heavy atom. The summed E-state index contributed by atoms with van der Waals surface area (Å²) in [5.41, 5.74) is 2.78. The average Bonchev–Trinajstić information content (AvgIpc) is 2.98. The lowest BCUT2D eigenvalue weighted by molar-refractivity contribution is -0.125. The second-order valence-corrected chi connectivity index (χ2v) is 7.97. The van der Waals surface area contributed by atoms with Crippen molar-refractivity contribution >= 4 is 34.9 Å². The van der Waals surface area contributed by atoms with E-state index in [4.69, 9.17) is 23.2 Å². The molecule has 1 saturated heterocycles. The summed E-state index contributed by atoms with van der Waals surface area (Å²) >= 11 is 12.1. The lowest BCUT2D eigenvalue weighted by Crippen LogP contribution is -2.54. The SMILES string of the molecule is Cc1cc(C)n(-c2cc(N3CC(C(=O)NCc4ccc(Cl)cc4Cl)C3)ncn2)n1. The number of hydrogen-bond donors (Lipinski definition) is 1. The Balaban J connectivity index is 1.35. The Morgan fingerprint density at radius 2 is 1.90 bits per heavy atom. The maximum absolute atomic E-state index is 12.4. The maximum atomic E-state index is 12.4. The van der Waals surface area contributed by atoms with Gasteiger partial charge in [0.15, 0.2) is 5.82 Å². The smallest absolute Gasteiger partial charge is 0.226 e. The fraction of sp³-hybridized carbons (Fsp3) is 0.300. The van der Waals surface area contributed by atoms with Crippen LogP contribution in [0.15, 0.2) is 36.7 Å². The van der Waals surface area contributed by atoms with Crippen LogP contribution in [0.2, 0.25) is 10.0 Å². The summed E-state index contributed by atoms with van der Waals surface area (Å²) < 4.78 is 1.79. The highest BCUT2D eigenvalue weighted by Gasteiger charge is 2.33. The van der Waals surface area contributed by atoms with E-state index in [0.717, 1.165) is 22.8 Å². The van der Waals surface area contributed by atoms with Gasteiger partial charge in [0.25, 0.3) is 0 Å². The second-order valence-electron chi connectivity index (χ2n) is 7.13. The van der Waals surface area contributed by atoms with Gasteiger partial charge in [-0.1, -0.05) is 29.3 Å². The summed E-state index contributed by atoms with van der Waals surface area (Å²) in [6, 6.07) is 9.14. The monoisotopic (exact) mass is 430 g/mol. The zero-order valence-electron chi connectivity index (χ0n) is 16.1. The highest BCUT2D eigenvalue weighted by Crippen LogP contribution is 2.25. The predicted molar refractivity (Wildman–Crippen MR) is 113 cm³/mol. The van der Waals surface area contributed by atoms with Gasteiger partial charge < -0.3 is 10.2 Å². The molecule has 7 nitrogen and oxygen atoms in total. The van der Waals surface area contributed by atoms with E-state index in [1.54, 1.807) is 16.8 Å². The molecule has 150 valence electrons. The lowest BCUT2D eigenvalue weighted by Gasteiger charge is -2.39. The summed E-state index contributed by atoms with van der Waals surface area (Å²) in [6.07, 6.45) is 1.52. The molecule has 0 unspecified atom stereocenters. The number of aryl methyl sites for hydroxylation is 2. The van der Waals surface area contributed by atoms with E-state index >= 15 is 0 Å². The molecule has 0 saturated carbocycles. The molecule has 1 aliphatic rings. The number of amides is 1. The van der Waals surface area contributed by atoms with Gasteiger partial charge in [0.05, 0.1) is 11.6 Å². The topological polar surface area (TPSA) is 75.9 Å². The van der Waals surface area contributed by atoms with Crippen molar-refractivity contribution in [1.82, 2.24) is 25.1 Å². The highest BCUT2D eigenvalue weighted by atomic mass is 35.5. The van der Waals surface area contributed by atoms with E-state index in [1.807, 2.05) is 32.0 Å². The van der Waals surface area contributed by atoms with Crippen molar-refractivity contribution in [3.8, 4) is 5.82 Å². The van der Waals surface area contributed by atoms with Crippen LogP contribution in [0.5, 0.6) is 0 Å². The third-order valence-corrected chi connectivity index (χ3v) is 5.50. The Labute approximate surface area is 178 Å². The molecule has 0 spiro atoms. The van der Waals surface area contributed by atoms with E-state index in [-0.39, 0.29) is 11.8 Å². The van der Waals surface area contributed by atoms with E-state index in [1.165, 1.54) is 6.33 Å². The largest absolute Gasteiger partial charge is 0.355 e. The number of aromatic nitrogens is 4. The Kier molecular flexibility index (Phi) is 5.43. The number of carbonyl (C=O) groups excluding carboxylic acids is 1. The van der Waals surface area contributed by atoms with E-state index in [2.05, 4.69) is 25.3 Å². The Bertz CT molecular complexity index is 1060. The fourth-order valence-electron chi connectivity index (χ4n) is 3.31. The Morgan fingerprint density at radius 1 is 1.14 bits per heavy atom. The number of rotatable bonds is 5. The molecule has 1 fully saturated rings. The molecule has 3 heterocycles. The normalized spacial score (nSPS) is 14.0. The summed E-state index contributed by atoms with van der Waals surface area (Å²) in [5.74, 6) is 1.41. The van der Waals surface area contributed by atoms with Crippen molar-refractivity contribution in [2.75, 3.05) is 18.0 Å². The maximum Gasteiger partial charge on any atom is 0.226 e. The number of nitrogens with zero attached hydrogens (tertiary/aromatic N) is 5. The molecule has 4 rings (SSSR count). The molecule has 1 amide bonds. The second kappa shape index (κ2) is 8.00. The quantitative estimate of drug-likeness (QED) is 0.671.